The number of H-pyrrole nitrogens is 1. The summed E-state index contributed by atoms with van der Waals surface area (Å²) < 4.78 is 0.322. The lowest BCUT2D eigenvalue weighted by molar-refractivity contribution is 0.804. The van der Waals surface area contributed by atoms with E-state index in [1.807, 2.05) is 0 Å². The molecule has 0 atom stereocenters. The van der Waals surface area contributed by atoms with Crippen molar-refractivity contribution < 1.29 is 0 Å². The molecule has 1 rings (SSSR count). The summed E-state index contributed by atoms with van der Waals surface area (Å²) in [5, 5.41) is 0. The van der Waals surface area contributed by atoms with Gasteiger partial charge in [0.05, 0.1) is 0 Å². The van der Waals surface area contributed by atoms with E-state index >= 15 is 0 Å². The topological polar surface area (TPSA) is 76.9 Å². The first-order chi connectivity index (χ1) is 5.04. The van der Waals surface area contributed by atoms with Gasteiger partial charge in [-0.3, -0.25) is 4.98 Å². The first-order valence-corrected chi connectivity index (χ1v) is 3.02. The van der Waals surface area contributed by atoms with E-state index in [2.05, 4.69) is 0 Å². The maximum absolute atomic E-state index is 10.7. The standard InChI is InChI=1S/C3HCl2N3O3.Mg/c4-7-1(9)6-2(10)8(5)3(7)11;/h(H,6,9,10);. The molecule has 0 saturated heterocycles. The molecular formula is C3HCl2MgN3O3. The predicted octanol–water partition coefficient (Wildman–Crippen LogP) is -1.68. The average molecular weight is 222 g/mol. The van der Waals surface area contributed by atoms with Crippen LogP contribution in [0.1, 0.15) is 0 Å². The van der Waals surface area contributed by atoms with Crippen LogP contribution in [0.15, 0.2) is 14.4 Å². The summed E-state index contributed by atoms with van der Waals surface area (Å²) in [7, 11) is 0. The largest absolute Gasteiger partial charge is 0.366 e. The lowest BCUT2D eigenvalue weighted by Crippen LogP contribution is -2.43. The van der Waals surface area contributed by atoms with E-state index in [0.29, 0.717) is 0 Å². The minimum Gasteiger partial charge on any atom is -0.257 e. The van der Waals surface area contributed by atoms with Crippen molar-refractivity contribution in [3.8, 4) is 0 Å². The number of nitrogens with one attached hydrogen (secondary N) is 1. The summed E-state index contributed by atoms with van der Waals surface area (Å²) >= 11 is 10.1. The van der Waals surface area contributed by atoms with Crippen LogP contribution in [0.3, 0.4) is 0 Å². The molecule has 1 aromatic heterocycles. The molecule has 62 valence electrons. The molecule has 0 aliphatic carbocycles. The number of hydrogen-bond acceptors (Lipinski definition) is 3. The Bertz CT molecular complexity index is 408. The number of hydrogen-bond donors (Lipinski definition) is 1. The molecule has 0 unspecified atom stereocenters. The zero-order valence-corrected chi connectivity index (χ0v) is 8.51. The fourth-order valence-corrected chi connectivity index (χ4v) is 0.715. The van der Waals surface area contributed by atoms with Gasteiger partial charge in [0.25, 0.3) is 0 Å². The Morgan fingerprint density at radius 3 is 1.67 bits per heavy atom. The normalized spacial score (nSPS) is 9.17. The van der Waals surface area contributed by atoms with Crippen LogP contribution in [0.5, 0.6) is 0 Å². The van der Waals surface area contributed by atoms with E-state index in [1.165, 1.54) is 0 Å². The molecule has 0 saturated carbocycles. The summed E-state index contributed by atoms with van der Waals surface area (Å²) in [6.45, 7) is 0. The molecule has 0 aliphatic heterocycles. The van der Waals surface area contributed by atoms with Gasteiger partial charge in [0.2, 0.25) is 0 Å². The molecule has 0 amide bonds. The molecule has 9 heteroatoms. The van der Waals surface area contributed by atoms with Gasteiger partial charge in [-0.05, 0) is 0 Å². The fourth-order valence-electron chi connectivity index (χ4n) is 0.440. The molecule has 2 radical (unpaired) electrons. The van der Waals surface area contributed by atoms with Crippen LogP contribution in [-0.2, 0) is 0 Å². The molecule has 0 spiro atoms. The van der Waals surface area contributed by atoms with Crippen molar-refractivity contribution in [1.82, 2.24) is 13.2 Å². The van der Waals surface area contributed by atoms with Gasteiger partial charge in [0.15, 0.2) is 0 Å². The van der Waals surface area contributed by atoms with Crippen molar-refractivity contribution in [2.75, 3.05) is 0 Å². The highest BCUT2D eigenvalue weighted by Crippen LogP contribution is 1.71. The van der Waals surface area contributed by atoms with Gasteiger partial charge in [0.1, 0.15) is 0 Å². The highest BCUT2D eigenvalue weighted by molar-refractivity contribution is 6.17. The molecule has 0 aliphatic rings. The van der Waals surface area contributed by atoms with Gasteiger partial charge in [-0.1, -0.05) is 0 Å². The molecule has 0 bridgehead atoms. The maximum atomic E-state index is 10.7. The monoisotopic (exact) mass is 221 g/mol. The van der Waals surface area contributed by atoms with E-state index in [1.54, 1.807) is 4.98 Å². The van der Waals surface area contributed by atoms with Crippen molar-refractivity contribution in [3.63, 3.8) is 0 Å². The van der Waals surface area contributed by atoms with E-state index in [-0.39, 0.29) is 31.2 Å². The first-order valence-electron chi connectivity index (χ1n) is 2.34. The van der Waals surface area contributed by atoms with Gasteiger partial charge < -0.3 is 0 Å². The second kappa shape index (κ2) is 4.12. The predicted molar refractivity (Wildman–Crippen MR) is 43.8 cm³/mol. The van der Waals surface area contributed by atoms with Gasteiger partial charge >= 0.3 is 17.1 Å². The van der Waals surface area contributed by atoms with E-state index in [9.17, 15) is 14.4 Å². The SMILES string of the molecule is O=c1[nH]c(=O)n(Cl)c(=O)n1Cl.[Mg]. The lowest BCUT2D eigenvalue weighted by atomic mass is 11.0. The van der Waals surface area contributed by atoms with E-state index in [0.717, 1.165) is 0 Å². The van der Waals surface area contributed by atoms with Crippen molar-refractivity contribution in [2.24, 2.45) is 0 Å². The van der Waals surface area contributed by atoms with Crippen molar-refractivity contribution in [2.45, 2.75) is 0 Å². The van der Waals surface area contributed by atoms with Crippen LogP contribution in [0, 0.1) is 0 Å². The first kappa shape index (κ1) is 11.8. The number of rotatable bonds is 0. The maximum Gasteiger partial charge on any atom is 0.366 e. The van der Waals surface area contributed by atoms with Crippen molar-refractivity contribution >= 4 is 46.6 Å². The summed E-state index contributed by atoms with van der Waals surface area (Å²) in [5.41, 5.74) is -3.13. The second-order valence-electron chi connectivity index (χ2n) is 1.58. The summed E-state index contributed by atoms with van der Waals surface area (Å²) in [5.74, 6) is 0. The molecule has 12 heavy (non-hydrogen) atoms. The Labute approximate surface area is 91.1 Å². The van der Waals surface area contributed by atoms with Crippen LogP contribution in [0.2, 0.25) is 0 Å². The van der Waals surface area contributed by atoms with Gasteiger partial charge in [-0.25, -0.2) is 14.4 Å². The quantitative estimate of drug-likeness (QED) is 0.533. The number of aromatic amines is 1. The summed E-state index contributed by atoms with van der Waals surface area (Å²) in [6.07, 6.45) is 0. The Morgan fingerprint density at radius 1 is 1.00 bits per heavy atom. The van der Waals surface area contributed by atoms with Gasteiger partial charge in [-0.15, -0.1) is 8.17 Å². The number of halogens is 2. The van der Waals surface area contributed by atoms with Crippen LogP contribution in [0.25, 0.3) is 0 Å². The van der Waals surface area contributed by atoms with Crippen LogP contribution in [-0.4, -0.2) is 36.2 Å². The molecule has 0 fully saturated rings. The lowest BCUT2D eigenvalue weighted by Gasteiger charge is -1.91. The third kappa shape index (κ3) is 1.92. The highest BCUT2D eigenvalue weighted by Gasteiger charge is 2.04. The minimum absolute atomic E-state index is 0. The fraction of sp³-hybridized carbons (Fsp3) is 0. The van der Waals surface area contributed by atoms with Crippen LogP contribution < -0.4 is 17.1 Å². The molecule has 1 heterocycles. The zero-order chi connectivity index (χ0) is 8.59. The Morgan fingerprint density at radius 2 is 1.33 bits per heavy atom. The smallest absolute Gasteiger partial charge is 0.257 e. The van der Waals surface area contributed by atoms with Crippen molar-refractivity contribution in [3.05, 3.63) is 31.5 Å². The molecule has 6 nitrogen and oxygen atoms in total. The third-order valence-electron chi connectivity index (χ3n) is 0.906. The average Bonchev–Trinajstić information content (AvgIpc) is 1.97. The van der Waals surface area contributed by atoms with Crippen molar-refractivity contribution in [1.29, 1.82) is 0 Å². The Balaban J connectivity index is 0.00000121. The minimum atomic E-state index is -1.10. The summed E-state index contributed by atoms with van der Waals surface area (Å²) in [6, 6.07) is 0. The third-order valence-corrected chi connectivity index (χ3v) is 1.50. The number of nitrogens with zero attached hydrogens (tertiary/aromatic N) is 2. The van der Waals surface area contributed by atoms with E-state index < -0.39 is 17.1 Å². The Kier molecular flexibility index (Phi) is 4.04. The Hall–Kier alpha value is -0.244. The van der Waals surface area contributed by atoms with Crippen LogP contribution >= 0.6 is 23.6 Å². The van der Waals surface area contributed by atoms with Gasteiger partial charge in [0, 0.05) is 46.6 Å². The number of aromatic nitrogens is 3. The molecule has 1 N–H and O–H groups in total. The molecular weight excluding hydrogens is 221 g/mol. The summed E-state index contributed by atoms with van der Waals surface area (Å²) in [4.78, 5) is 33.4. The van der Waals surface area contributed by atoms with Crippen LogP contribution in [0.4, 0.5) is 0 Å². The van der Waals surface area contributed by atoms with E-state index in [4.69, 9.17) is 23.6 Å². The zero-order valence-electron chi connectivity index (χ0n) is 5.58. The van der Waals surface area contributed by atoms with Gasteiger partial charge in [-0.2, -0.15) is 0 Å². The molecule has 1 aromatic rings. The highest BCUT2D eigenvalue weighted by atomic mass is 35.5. The second-order valence-corrected chi connectivity index (χ2v) is 2.26. The molecule has 0 aromatic carbocycles.